The summed E-state index contributed by atoms with van der Waals surface area (Å²) in [5.41, 5.74) is 2.32. The number of nitrogens with zero attached hydrogens (tertiary/aromatic N) is 2. The van der Waals surface area contributed by atoms with Crippen molar-refractivity contribution in [2.45, 2.75) is 6.92 Å². The predicted molar refractivity (Wildman–Crippen MR) is 116 cm³/mol. The molecule has 0 radical (unpaired) electrons. The van der Waals surface area contributed by atoms with Crippen LogP contribution in [-0.4, -0.2) is 24.0 Å². The Balaban J connectivity index is 1.81. The third-order valence-electron chi connectivity index (χ3n) is 4.38. The largest absolute Gasteiger partial charge is 0.493 e. The molecule has 3 rings (SSSR count). The van der Waals surface area contributed by atoms with Crippen LogP contribution in [0.2, 0.25) is 0 Å². The molecule has 154 valence electrons. The van der Waals surface area contributed by atoms with E-state index in [2.05, 4.69) is 10.3 Å². The minimum Gasteiger partial charge on any atom is -0.493 e. The van der Waals surface area contributed by atoms with E-state index in [0.29, 0.717) is 16.8 Å². The van der Waals surface area contributed by atoms with Crippen molar-refractivity contribution in [1.29, 1.82) is 5.26 Å². The summed E-state index contributed by atoms with van der Waals surface area (Å²) in [6, 6.07) is 17.0. The number of aryl methyl sites for hydroxylation is 1. The Bertz CT molecular complexity index is 1180. The molecule has 1 aromatic heterocycles. The van der Waals surface area contributed by atoms with Gasteiger partial charge in [-0.1, -0.05) is 24.3 Å². The van der Waals surface area contributed by atoms with Gasteiger partial charge in [0.1, 0.15) is 11.6 Å². The number of hydrogen-bond donors (Lipinski definition) is 1. The Kier molecular flexibility index (Phi) is 6.76. The number of anilines is 1. The summed E-state index contributed by atoms with van der Waals surface area (Å²) in [6.07, 6.45) is 4.42. The lowest BCUT2D eigenvalue weighted by atomic mass is 10.1. The van der Waals surface area contributed by atoms with Gasteiger partial charge in [-0.05, 0) is 54.5 Å². The molecular weight excluding hydrogens is 394 g/mol. The highest BCUT2D eigenvalue weighted by molar-refractivity contribution is 6.10. The van der Waals surface area contributed by atoms with Crippen molar-refractivity contribution >= 4 is 23.6 Å². The minimum atomic E-state index is -0.556. The third-order valence-corrected chi connectivity index (χ3v) is 4.38. The lowest BCUT2D eigenvalue weighted by Crippen LogP contribution is -2.14. The van der Waals surface area contributed by atoms with Crippen molar-refractivity contribution in [2.75, 3.05) is 12.4 Å². The molecule has 2 aromatic carbocycles. The van der Waals surface area contributed by atoms with Gasteiger partial charge in [0.25, 0.3) is 5.91 Å². The molecule has 7 heteroatoms. The van der Waals surface area contributed by atoms with Crippen molar-refractivity contribution in [3.8, 4) is 17.6 Å². The molecule has 31 heavy (non-hydrogen) atoms. The van der Waals surface area contributed by atoms with E-state index in [0.717, 1.165) is 5.56 Å². The Morgan fingerprint density at radius 2 is 1.81 bits per heavy atom. The van der Waals surface area contributed by atoms with Crippen molar-refractivity contribution < 1.29 is 19.1 Å². The fourth-order valence-corrected chi connectivity index (χ4v) is 2.72. The molecule has 1 amide bonds. The molecule has 0 aliphatic heterocycles. The van der Waals surface area contributed by atoms with Crippen LogP contribution in [0.1, 0.15) is 21.5 Å². The smallest absolute Gasteiger partial charge is 0.343 e. The third kappa shape index (κ3) is 5.34. The average Bonchev–Trinajstić information content (AvgIpc) is 2.80. The van der Waals surface area contributed by atoms with Gasteiger partial charge in [0.15, 0.2) is 11.5 Å². The van der Waals surface area contributed by atoms with E-state index in [1.807, 2.05) is 25.1 Å². The second-order valence-electron chi connectivity index (χ2n) is 6.47. The van der Waals surface area contributed by atoms with Gasteiger partial charge in [-0.2, -0.15) is 5.26 Å². The molecule has 3 aromatic rings. The number of esters is 1. The molecule has 0 spiro atoms. The van der Waals surface area contributed by atoms with E-state index in [9.17, 15) is 14.9 Å². The van der Waals surface area contributed by atoms with Crippen LogP contribution in [0.15, 0.2) is 72.6 Å². The fourth-order valence-electron chi connectivity index (χ4n) is 2.72. The maximum Gasteiger partial charge on any atom is 0.343 e. The molecule has 0 aliphatic rings. The quantitative estimate of drug-likeness (QED) is 0.282. The van der Waals surface area contributed by atoms with Gasteiger partial charge in [-0.3, -0.25) is 9.78 Å². The van der Waals surface area contributed by atoms with Gasteiger partial charge in [-0.25, -0.2) is 4.79 Å². The van der Waals surface area contributed by atoms with Crippen molar-refractivity contribution in [2.24, 2.45) is 0 Å². The van der Waals surface area contributed by atoms with Crippen LogP contribution in [0.5, 0.6) is 11.5 Å². The Labute approximate surface area is 179 Å². The second-order valence-corrected chi connectivity index (χ2v) is 6.47. The number of nitrogens with one attached hydrogen (secondary N) is 1. The number of carbonyl (C=O) groups excluding carboxylic acids is 2. The number of methoxy groups -OCH3 is 1. The molecule has 0 fully saturated rings. The van der Waals surface area contributed by atoms with E-state index < -0.39 is 11.9 Å². The number of aromatic nitrogens is 1. The lowest BCUT2D eigenvalue weighted by molar-refractivity contribution is -0.112. The zero-order valence-corrected chi connectivity index (χ0v) is 17.0. The first-order valence-electron chi connectivity index (χ1n) is 9.31. The molecule has 0 saturated carbocycles. The lowest BCUT2D eigenvalue weighted by Gasteiger charge is -2.10. The molecule has 7 nitrogen and oxygen atoms in total. The fraction of sp³-hybridized carbons (Fsp3) is 0.0833. The summed E-state index contributed by atoms with van der Waals surface area (Å²) < 4.78 is 10.7. The van der Waals surface area contributed by atoms with Gasteiger partial charge in [-0.15, -0.1) is 0 Å². The number of nitriles is 1. The standard InChI is InChI=1S/C24H19N3O4/c1-16-5-3-4-6-20(16)27-23(28)19(15-25)13-17-7-8-21(22(14-17)30-2)31-24(29)18-9-11-26-12-10-18/h3-14H,1-2H3,(H,27,28)/b19-13+. The van der Waals surface area contributed by atoms with Crippen LogP contribution in [0.25, 0.3) is 6.08 Å². The van der Waals surface area contributed by atoms with Crippen LogP contribution >= 0.6 is 0 Å². The molecule has 1 heterocycles. The molecular formula is C24H19N3O4. The van der Waals surface area contributed by atoms with Crippen molar-refractivity contribution in [3.63, 3.8) is 0 Å². The van der Waals surface area contributed by atoms with E-state index in [-0.39, 0.29) is 17.1 Å². The highest BCUT2D eigenvalue weighted by Gasteiger charge is 2.14. The van der Waals surface area contributed by atoms with Gasteiger partial charge >= 0.3 is 5.97 Å². The number of rotatable bonds is 6. The summed E-state index contributed by atoms with van der Waals surface area (Å²) >= 11 is 0. The first-order chi connectivity index (χ1) is 15.0. The van der Waals surface area contributed by atoms with Gasteiger partial charge in [0.2, 0.25) is 0 Å². The van der Waals surface area contributed by atoms with Crippen LogP contribution < -0.4 is 14.8 Å². The summed E-state index contributed by atoms with van der Waals surface area (Å²) in [5, 5.41) is 12.2. The minimum absolute atomic E-state index is 0.0770. The number of carbonyl (C=O) groups is 2. The Morgan fingerprint density at radius 1 is 1.06 bits per heavy atom. The predicted octanol–water partition coefficient (Wildman–Crippen LogP) is 4.16. The number of ether oxygens (including phenoxy) is 2. The molecule has 0 unspecified atom stereocenters. The van der Waals surface area contributed by atoms with Gasteiger partial charge < -0.3 is 14.8 Å². The number of para-hydroxylation sites is 1. The van der Waals surface area contributed by atoms with Crippen LogP contribution in [0, 0.1) is 18.3 Å². The topological polar surface area (TPSA) is 101 Å². The molecule has 0 aliphatic carbocycles. The summed E-state index contributed by atoms with van der Waals surface area (Å²) in [7, 11) is 1.43. The highest BCUT2D eigenvalue weighted by atomic mass is 16.6. The Hall–Kier alpha value is -4.44. The number of pyridine rings is 1. The van der Waals surface area contributed by atoms with E-state index in [4.69, 9.17) is 9.47 Å². The Morgan fingerprint density at radius 3 is 2.48 bits per heavy atom. The SMILES string of the molecule is COc1cc(/C=C(\C#N)C(=O)Nc2ccccc2C)ccc1OC(=O)c1ccncc1. The summed E-state index contributed by atoms with van der Waals surface area (Å²) in [6.45, 7) is 1.86. The maximum absolute atomic E-state index is 12.5. The first-order valence-corrected chi connectivity index (χ1v) is 9.31. The van der Waals surface area contributed by atoms with E-state index >= 15 is 0 Å². The van der Waals surface area contributed by atoms with Gasteiger partial charge in [0, 0.05) is 18.1 Å². The maximum atomic E-state index is 12.5. The van der Waals surface area contributed by atoms with E-state index in [1.54, 1.807) is 24.3 Å². The normalized spacial score (nSPS) is 10.7. The summed E-state index contributed by atoms with van der Waals surface area (Å²) in [5.74, 6) is -0.583. The van der Waals surface area contributed by atoms with Crippen LogP contribution in [0.4, 0.5) is 5.69 Å². The molecule has 0 saturated heterocycles. The summed E-state index contributed by atoms with van der Waals surface area (Å²) in [4.78, 5) is 28.6. The number of amides is 1. The van der Waals surface area contributed by atoms with Crippen molar-refractivity contribution in [1.82, 2.24) is 4.98 Å². The highest BCUT2D eigenvalue weighted by Crippen LogP contribution is 2.30. The van der Waals surface area contributed by atoms with Crippen LogP contribution in [-0.2, 0) is 4.79 Å². The zero-order chi connectivity index (χ0) is 22.2. The molecule has 0 atom stereocenters. The van der Waals surface area contributed by atoms with E-state index in [1.165, 1.54) is 43.8 Å². The zero-order valence-electron chi connectivity index (χ0n) is 17.0. The monoisotopic (exact) mass is 413 g/mol. The van der Waals surface area contributed by atoms with Crippen LogP contribution in [0.3, 0.4) is 0 Å². The molecule has 1 N–H and O–H groups in total. The number of benzene rings is 2. The average molecular weight is 413 g/mol. The first kappa shape index (κ1) is 21.3. The second kappa shape index (κ2) is 9.85. The number of hydrogen-bond acceptors (Lipinski definition) is 6. The van der Waals surface area contributed by atoms with Crippen molar-refractivity contribution in [3.05, 3.63) is 89.3 Å². The molecule has 0 bridgehead atoms. The van der Waals surface area contributed by atoms with Gasteiger partial charge in [0.05, 0.1) is 12.7 Å².